The van der Waals surface area contributed by atoms with Gasteiger partial charge in [-0.05, 0) is 6.42 Å². The Kier molecular flexibility index (Phi) is 4.67. The Balaban J connectivity index is 1.51. The van der Waals surface area contributed by atoms with Crippen LogP contribution in [0.5, 0.6) is 0 Å². The molecule has 122 valence electrons. The first-order chi connectivity index (χ1) is 11.0. The van der Waals surface area contributed by atoms with Crippen LogP contribution in [0.1, 0.15) is 6.42 Å². The largest absolute Gasteiger partial charge is 0.352 e. The fourth-order valence-electron chi connectivity index (χ4n) is 2.34. The number of nitrogens with one attached hydrogen (secondary N) is 2. The van der Waals surface area contributed by atoms with Gasteiger partial charge in [0, 0.05) is 11.6 Å². The summed E-state index contributed by atoms with van der Waals surface area (Å²) in [6.45, 7) is 0. The zero-order chi connectivity index (χ0) is 16.3. The van der Waals surface area contributed by atoms with E-state index in [2.05, 4.69) is 20.5 Å². The lowest BCUT2D eigenvalue weighted by atomic mass is 10.2. The summed E-state index contributed by atoms with van der Waals surface area (Å²) in [4.78, 5) is 16.2. The van der Waals surface area contributed by atoms with E-state index in [1.54, 1.807) is 0 Å². The topological polar surface area (TPSA) is 105 Å². The molecule has 1 fully saturated rings. The van der Waals surface area contributed by atoms with E-state index in [1.807, 2.05) is 30.3 Å². The summed E-state index contributed by atoms with van der Waals surface area (Å²) in [5, 5.41) is 10.1. The molecule has 1 amide bonds. The molecule has 3 rings (SSSR count). The van der Waals surface area contributed by atoms with E-state index < -0.39 is 9.84 Å². The van der Waals surface area contributed by atoms with Gasteiger partial charge < -0.3 is 5.32 Å². The highest BCUT2D eigenvalue weighted by molar-refractivity contribution is 7.99. The molecule has 0 radical (unpaired) electrons. The number of rotatable bonds is 5. The molecule has 2 heterocycles. The summed E-state index contributed by atoms with van der Waals surface area (Å²) < 4.78 is 22.7. The van der Waals surface area contributed by atoms with Crippen LogP contribution < -0.4 is 5.32 Å². The Labute approximate surface area is 138 Å². The standard InChI is InChI=1S/C14H16N4O3S2/c19-12(15-11-6-7-23(20,21)9-11)8-22-14-16-13(17-18-14)10-4-2-1-3-5-10/h1-5,11H,6-9H2,(H,15,19)(H,16,17,18)/t11-/m1/s1. The molecule has 2 N–H and O–H groups in total. The average Bonchev–Trinajstić information content (AvgIpc) is 3.13. The summed E-state index contributed by atoms with van der Waals surface area (Å²) in [6.07, 6.45) is 0.484. The Morgan fingerprint density at radius 1 is 1.35 bits per heavy atom. The maximum Gasteiger partial charge on any atom is 0.230 e. The van der Waals surface area contributed by atoms with Gasteiger partial charge in [0.2, 0.25) is 11.1 Å². The van der Waals surface area contributed by atoms with Crippen LogP contribution >= 0.6 is 11.8 Å². The quantitative estimate of drug-likeness (QED) is 0.774. The molecule has 1 aliphatic heterocycles. The SMILES string of the molecule is O=C(CSc1n[nH]c(-c2ccccc2)n1)N[C@@H]1CCS(=O)(=O)C1. The molecule has 23 heavy (non-hydrogen) atoms. The second kappa shape index (κ2) is 6.71. The van der Waals surface area contributed by atoms with Gasteiger partial charge in [0.05, 0.1) is 17.3 Å². The molecular formula is C14H16N4O3S2. The van der Waals surface area contributed by atoms with Crippen LogP contribution in [0.3, 0.4) is 0 Å². The smallest absolute Gasteiger partial charge is 0.230 e. The van der Waals surface area contributed by atoms with Crippen molar-refractivity contribution in [2.75, 3.05) is 17.3 Å². The summed E-state index contributed by atoms with van der Waals surface area (Å²) in [6, 6.07) is 9.30. The van der Waals surface area contributed by atoms with Gasteiger partial charge in [0.1, 0.15) is 0 Å². The minimum atomic E-state index is -2.99. The molecule has 1 atom stereocenters. The van der Waals surface area contributed by atoms with Crippen molar-refractivity contribution in [3.05, 3.63) is 30.3 Å². The van der Waals surface area contributed by atoms with Crippen molar-refractivity contribution < 1.29 is 13.2 Å². The van der Waals surface area contributed by atoms with Crippen molar-refractivity contribution in [2.24, 2.45) is 0 Å². The van der Waals surface area contributed by atoms with Crippen LogP contribution in [-0.4, -0.2) is 52.8 Å². The monoisotopic (exact) mass is 352 g/mol. The molecule has 9 heteroatoms. The molecule has 1 aromatic heterocycles. The van der Waals surface area contributed by atoms with Gasteiger partial charge in [0.25, 0.3) is 0 Å². The van der Waals surface area contributed by atoms with Crippen LogP contribution in [0.4, 0.5) is 0 Å². The van der Waals surface area contributed by atoms with Gasteiger partial charge >= 0.3 is 0 Å². The van der Waals surface area contributed by atoms with Gasteiger partial charge in [-0.2, -0.15) is 0 Å². The number of sulfone groups is 1. The highest BCUT2D eigenvalue weighted by Gasteiger charge is 2.28. The molecule has 0 saturated carbocycles. The molecule has 2 aromatic rings. The molecule has 0 unspecified atom stereocenters. The zero-order valence-corrected chi connectivity index (χ0v) is 13.9. The van der Waals surface area contributed by atoms with E-state index in [9.17, 15) is 13.2 Å². The number of benzene rings is 1. The first-order valence-electron chi connectivity index (χ1n) is 7.12. The Bertz CT molecular complexity index is 789. The van der Waals surface area contributed by atoms with Crippen molar-refractivity contribution in [2.45, 2.75) is 17.6 Å². The van der Waals surface area contributed by atoms with Crippen LogP contribution in [-0.2, 0) is 14.6 Å². The molecule has 0 bridgehead atoms. The fraction of sp³-hybridized carbons (Fsp3) is 0.357. The highest BCUT2D eigenvalue weighted by atomic mass is 32.2. The van der Waals surface area contributed by atoms with Crippen LogP contribution in [0.25, 0.3) is 11.4 Å². The first-order valence-corrected chi connectivity index (χ1v) is 9.93. The summed E-state index contributed by atoms with van der Waals surface area (Å²) in [5.41, 5.74) is 0.924. The predicted molar refractivity (Wildman–Crippen MR) is 87.7 cm³/mol. The number of hydrogen-bond acceptors (Lipinski definition) is 6. The summed E-state index contributed by atoms with van der Waals surface area (Å²) in [7, 11) is -2.99. The average molecular weight is 352 g/mol. The van der Waals surface area contributed by atoms with Crippen molar-refractivity contribution in [3.63, 3.8) is 0 Å². The van der Waals surface area contributed by atoms with Gasteiger partial charge in [-0.3, -0.25) is 9.89 Å². The van der Waals surface area contributed by atoms with Gasteiger partial charge in [-0.1, -0.05) is 42.1 Å². The number of H-pyrrole nitrogens is 1. The number of aromatic nitrogens is 3. The maximum atomic E-state index is 11.9. The third kappa shape index (κ3) is 4.32. The number of amides is 1. The lowest BCUT2D eigenvalue weighted by Gasteiger charge is -2.09. The number of hydrogen-bond donors (Lipinski definition) is 2. The number of carbonyl (C=O) groups is 1. The number of aromatic amines is 1. The van der Waals surface area contributed by atoms with Crippen molar-refractivity contribution >= 4 is 27.5 Å². The van der Waals surface area contributed by atoms with Crippen molar-refractivity contribution in [1.29, 1.82) is 0 Å². The van der Waals surface area contributed by atoms with Crippen LogP contribution in [0.15, 0.2) is 35.5 Å². The normalized spacial score (nSPS) is 19.6. The minimum absolute atomic E-state index is 0.0300. The molecular weight excluding hydrogens is 336 g/mol. The summed E-state index contributed by atoms with van der Waals surface area (Å²) >= 11 is 1.21. The Morgan fingerprint density at radius 3 is 2.83 bits per heavy atom. The van der Waals surface area contributed by atoms with E-state index in [4.69, 9.17) is 0 Å². The van der Waals surface area contributed by atoms with Crippen LogP contribution in [0.2, 0.25) is 0 Å². The van der Waals surface area contributed by atoms with E-state index in [1.165, 1.54) is 11.8 Å². The molecule has 0 aliphatic carbocycles. The van der Waals surface area contributed by atoms with E-state index in [0.29, 0.717) is 17.4 Å². The first kappa shape index (κ1) is 16.0. The second-order valence-electron chi connectivity index (χ2n) is 5.29. The van der Waals surface area contributed by atoms with Crippen molar-refractivity contribution in [3.8, 4) is 11.4 Å². The minimum Gasteiger partial charge on any atom is -0.352 e. The lowest BCUT2D eigenvalue weighted by Crippen LogP contribution is -2.36. The Morgan fingerprint density at radius 2 is 2.13 bits per heavy atom. The fourth-order valence-corrected chi connectivity index (χ4v) is 4.63. The number of carbonyl (C=O) groups excluding carboxylic acids is 1. The molecule has 7 nitrogen and oxygen atoms in total. The second-order valence-corrected chi connectivity index (χ2v) is 8.46. The van der Waals surface area contributed by atoms with Gasteiger partial charge in [-0.25, -0.2) is 13.4 Å². The lowest BCUT2D eigenvalue weighted by molar-refractivity contribution is -0.119. The predicted octanol–water partition coefficient (Wildman–Crippen LogP) is 0.867. The molecule has 1 aromatic carbocycles. The molecule has 1 aliphatic rings. The van der Waals surface area contributed by atoms with Gasteiger partial charge in [0.15, 0.2) is 15.7 Å². The molecule has 0 spiro atoms. The zero-order valence-electron chi connectivity index (χ0n) is 12.2. The highest BCUT2D eigenvalue weighted by Crippen LogP contribution is 2.19. The van der Waals surface area contributed by atoms with E-state index in [-0.39, 0.29) is 29.2 Å². The van der Waals surface area contributed by atoms with E-state index in [0.717, 1.165) is 5.56 Å². The Hall–Kier alpha value is -1.87. The number of thioether (sulfide) groups is 1. The number of nitrogens with zero attached hydrogens (tertiary/aromatic N) is 2. The van der Waals surface area contributed by atoms with E-state index >= 15 is 0 Å². The maximum absolute atomic E-state index is 11.9. The summed E-state index contributed by atoms with van der Waals surface area (Å²) in [5.74, 6) is 0.774. The third-order valence-electron chi connectivity index (χ3n) is 3.44. The van der Waals surface area contributed by atoms with Gasteiger partial charge in [-0.15, -0.1) is 5.10 Å². The molecule has 1 saturated heterocycles. The van der Waals surface area contributed by atoms with Crippen LogP contribution in [0, 0.1) is 0 Å². The third-order valence-corrected chi connectivity index (χ3v) is 6.06. The van der Waals surface area contributed by atoms with Crippen molar-refractivity contribution in [1.82, 2.24) is 20.5 Å².